The van der Waals surface area contributed by atoms with Crippen molar-refractivity contribution in [1.29, 1.82) is 0 Å². The average molecular weight is 376 g/mol. The first kappa shape index (κ1) is 20.3. The van der Waals surface area contributed by atoms with Gasteiger partial charge in [0.15, 0.2) is 0 Å². The lowest BCUT2D eigenvalue weighted by Crippen LogP contribution is -2.43. The maximum atomic E-state index is 13.1. The number of carbonyl (C=O) groups is 1. The van der Waals surface area contributed by atoms with Crippen molar-refractivity contribution in [2.75, 3.05) is 32.7 Å². The fourth-order valence-electron chi connectivity index (χ4n) is 4.27. The van der Waals surface area contributed by atoms with Gasteiger partial charge in [0.05, 0.1) is 6.54 Å². The summed E-state index contributed by atoms with van der Waals surface area (Å²) in [6.45, 7) is 5.23. The third kappa shape index (κ3) is 7.23. The Bertz CT molecular complexity index is 569. The molecule has 1 aromatic rings. The number of nitrogens with zero attached hydrogens (tertiary/aromatic N) is 2. The molecule has 1 saturated heterocycles. The van der Waals surface area contributed by atoms with E-state index in [1.54, 1.807) is 0 Å². The Labute approximate surface area is 163 Å². The maximum absolute atomic E-state index is 13.1. The van der Waals surface area contributed by atoms with Crippen LogP contribution >= 0.6 is 0 Å². The van der Waals surface area contributed by atoms with Gasteiger partial charge in [-0.3, -0.25) is 14.6 Å². The molecular formula is C22H34FN3O. The molecular weight excluding hydrogens is 341 g/mol. The number of benzene rings is 1. The van der Waals surface area contributed by atoms with Gasteiger partial charge in [-0.05, 0) is 50.0 Å². The van der Waals surface area contributed by atoms with Crippen LogP contribution in [0.15, 0.2) is 24.3 Å². The fraction of sp³-hybridized carbons (Fsp3) is 0.682. The molecule has 1 N–H and O–H groups in total. The van der Waals surface area contributed by atoms with E-state index in [2.05, 4.69) is 15.1 Å². The summed E-state index contributed by atoms with van der Waals surface area (Å²) >= 11 is 0. The van der Waals surface area contributed by atoms with E-state index in [1.165, 1.54) is 44.2 Å². The SMILES string of the molecule is O=C(CN1CCCN(Cc2ccc(F)cc2)CC1)NC1CCCCCCC1. The zero-order chi connectivity index (χ0) is 18.9. The van der Waals surface area contributed by atoms with Crippen molar-refractivity contribution in [3.8, 4) is 0 Å². The molecule has 150 valence electrons. The minimum Gasteiger partial charge on any atom is -0.352 e. The second-order valence-electron chi connectivity index (χ2n) is 8.14. The molecule has 5 heteroatoms. The summed E-state index contributed by atoms with van der Waals surface area (Å²) in [7, 11) is 0. The Kier molecular flexibility index (Phi) is 8.09. The zero-order valence-electron chi connectivity index (χ0n) is 16.5. The summed E-state index contributed by atoms with van der Waals surface area (Å²) in [5.41, 5.74) is 1.15. The van der Waals surface area contributed by atoms with Crippen molar-refractivity contribution in [2.24, 2.45) is 0 Å². The standard InChI is InChI=1S/C22H34FN3O/c23-20-11-9-19(10-12-20)17-25-13-6-14-26(16-15-25)18-22(27)24-21-7-4-2-1-3-5-8-21/h9-12,21H,1-8,13-18H2,(H,24,27). The van der Waals surface area contributed by atoms with E-state index < -0.39 is 0 Å². The third-order valence-corrected chi connectivity index (χ3v) is 5.84. The molecule has 3 rings (SSSR count). The lowest BCUT2D eigenvalue weighted by molar-refractivity contribution is -0.123. The van der Waals surface area contributed by atoms with E-state index in [0.717, 1.165) is 57.5 Å². The van der Waals surface area contributed by atoms with Crippen LogP contribution in [0.2, 0.25) is 0 Å². The number of halogens is 1. The molecule has 1 heterocycles. The summed E-state index contributed by atoms with van der Waals surface area (Å²) in [4.78, 5) is 17.2. The molecule has 2 aliphatic rings. The molecule has 2 fully saturated rings. The molecule has 0 radical (unpaired) electrons. The van der Waals surface area contributed by atoms with E-state index in [9.17, 15) is 9.18 Å². The van der Waals surface area contributed by atoms with Gasteiger partial charge in [0.1, 0.15) is 5.82 Å². The van der Waals surface area contributed by atoms with Crippen molar-refractivity contribution in [2.45, 2.75) is 64.0 Å². The normalized spacial score (nSPS) is 21.2. The van der Waals surface area contributed by atoms with Crippen LogP contribution in [0.5, 0.6) is 0 Å². The van der Waals surface area contributed by atoms with Crippen molar-refractivity contribution in [3.05, 3.63) is 35.6 Å². The molecule has 1 amide bonds. The summed E-state index contributed by atoms with van der Waals surface area (Å²) in [5, 5.41) is 3.28. The van der Waals surface area contributed by atoms with Crippen molar-refractivity contribution in [3.63, 3.8) is 0 Å². The minimum absolute atomic E-state index is 0.184. The number of carbonyl (C=O) groups excluding carboxylic acids is 1. The smallest absolute Gasteiger partial charge is 0.234 e. The van der Waals surface area contributed by atoms with Crippen molar-refractivity contribution in [1.82, 2.24) is 15.1 Å². The van der Waals surface area contributed by atoms with Gasteiger partial charge in [-0.25, -0.2) is 4.39 Å². The van der Waals surface area contributed by atoms with Crippen LogP contribution in [0.3, 0.4) is 0 Å². The third-order valence-electron chi connectivity index (χ3n) is 5.84. The number of rotatable bonds is 5. The van der Waals surface area contributed by atoms with Crippen LogP contribution < -0.4 is 5.32 Å². The van der Waals surface area contributed by atoms with Gasteiger partial charge in [0, 0.05) is 25.7 Å². The molecule has 4 nitrogen and oxygen atoms in total. The number of nitrogens with one attached hydrogen (secondary N) is 1. The molecule has 0 aromatic heterocycles. The number of amides is 1. The number of hydrogen-bond acceptors (Lipinski definition) is 3. The topological polar surface area (TPSA) is 35.6 Å². The van der Waals surface area contributed by atoms with Gasteiger partial charge >= 0.3 is 0 Å². The molecule has 0 bridgehead atoms. The highest BCUT2D eigenvalue weighted by Gasteiger charge is 2.19. The summed E-state index contributed by atoms with van der Waals surface area (Å²) < 4.78 is 13.1. The highest BCUT2D eigenvalue weighted by atomic mass is 19.1. The predicted octanol–water partition coefficient (Wildman–Crippen LogP) is 3.56. The van der Waals surface area contributed by atoms with Crippen LogP contribution in [0, 0.1) is 5.82 Å². The van der Waals surface area contributed by atoms with E-state index in [-0.39, 0.29) is 11.7 Å². The van der Waals surface area contributed by atoms with Crippen LogP contribution in [0.25, 0.3) is 0 Å². The van der Waals surface area contributed by atoms with Gasteiger partial charge in [-0.15, -0.1) is 0 Å². The summed E-state index contributed by atoms with van der Waals surface area (Å²) in [6.07, 6.45) is 9.79. The largest absolute Gasteiger partial charge is 0.352 e. The van der Waals surface area contributed by atoms with Gasteiger partial charge < -0.3 is 5.32 Å². The Balaban J connectivity index is 1.40. The van der Waals surface area contributed by atoms with E-state index in [4.69, 9.17) is 0 Å². The van der Waals surface area contributed by atoms with E-state index in [1.807, 2.05) is 12.1 Å². The highest BCUT2D eigenvalue weighted by molar-refractivity contribution is 5.78. The fourth-order valence-corrected chi connectivity index (χ4v) is 4.27. The zero-order valence-corrected chi connectivity index (χ0v) is 16.5. The molecule has 1 aromatic carbocycles. The van der Waals surface area contributed by atoms with Gasteiger partial charge in [-0.1, -0.05) is 44.2 Å². The van der Waals surface area contributed by atoms with Crippen LogP contribution in [-0.2, 0) is 11.3 Å². The van der Waals surface area contributed by atoms with Gasteiger partial charge in [0.25, 0.3) is 0 Å². The second kappa shape index (κ2) is 10.8. The van der Waals surface area contributed by atoms with Crippen LogP contribution in [-0.4, -0.2) is 54.5 Å². The Morgan fingerprint density at radius 2 is 1.52 bits per heavy atom. The molecule has 1 aliphatic carbocycles. The Morgan fingerprint density at radius 1 is 0.889 bits per heavy atom. The maximum Gasteiger partial charge on any atom is 0.234 e. The Morgan fingerprint density at radius 3 is 2.26 bits per heavy atom. The first-order valence-electron chi connectivity index (χ1n) is 10.7. The van der Waals surface area contributed by atoms with Crippen LogP contribution in [0.4, 0.5) is 4.39 Å². The molecule has 0 unspecified atom stereocenters. The number of hydrogen-bond donors (Lipinski definition) is 1. The van der Waals surface area contributed by atoms with Gasteiger partial charge in [0.2, 0.25) is 5.91 Å². The molecule has 1 aliphatic heterocycles. The van der Waals surface area contributed by atoms with Crippen molar-refractivity contribution < 1.29 is 9.18 Å². The minimum atomic E-state index is -0.184. The van der Waals surface area contributed by atoms with E-state index in [0.29, 0.717) is 12.6 Å². The Hall–Kier alpha value is -1.46. The second-order valence-corrected chi connectivity index (χ2v) is 8.14. The van der Waals surface area contributed by atoms with Crippen molar-refractivity contribution >= 4 is 5.91 Å². The quantitative estimate of drug-likeness (QED) is 0.855. The average Bonchev–Trinajstić information content (AvgIpc) is 2.84. The molecule has 27 heavy (non-hydrogen) atoms. The lowest BCUT2D eigenvalue weighted by atomic mass is 9.97. The summed E-state index contributed by atoms with van der Waals surface area (Å²) in [5.74, 6) is 0.00338. The molecule has 0 spiro atoms. The molecule has 0 atom stereocenters. The first-order chi connectivity index (χ1) is 13.2. The van der Waals surface area contributed by atoms with Gasteiger partial charge in [-0.2, -0.15) is 0 Å². The first-order valence-corrected chi connectivity index (χ1v) is 10.7. The molecule has 1 saturated carbocycles. The summed E-state index contributed by atoms with van der Waals surface area (Å²) in [6, 6.07) is 7.15. The monoisotopic (exact) mass is 375 g/mol. The van der Waals surface area contributed by atoms with Crippen LogP contribution in [0.1, 0.15) is 56.9 Å². The van der Waals surface area contributed by atoms with E-state index >= 15 is 0 Å². The predicted molar refractivity (Wildman–Crippen MR) is 107 cm³/mol. The lowest BCUT2D eigenvalue weighted by Gasteiger charge is -2.24. The highest BCUT2D eigenvalue weighted by Crippen LogP contribution is 2.17.